The van der Waals surface area contributed by atoms with Crippen molar-refractivity contribution in [3.05, 3.63) is 72.2 Å². The van der Waals surface area contributed by atoms with Gasteiger partial charge in [-0.1, -0.05) is 18.2 Å². The van der Waals surface area contributed by atoms with E-state index in [0.29, 0.717) is 17.7 Å². The Morgan fingerprint density at radius 1 is 1.19 bits per heavy atom. The normalized spacial score (nSPS) is 17.8. The minimum absolute atomic E-state index is 0.0413. The van der Waals surface area contributed by atoms with Crippen molar-refractivity contribution in [1.29, 1.82) is 5.26 Å². The van der Waals surface area contributed by atoms with Crippen LogP contribution < -0.4 is 5.32 Å². The molecule has 9 heteroatoms. The molecule has 3 heterocycles. The van der Waals surface area contributed by atoms with Crippen molar-refractivity contribution in [2.75, 3.05) is 11.5 Å². The van der Waals surface area contributed by atoms with E-state index in [1.807, 2.05) is 36.4 Å². The van der Waals surface area contributed by atoms with E-state index in [-0.39, 0.29) is 17.1 Å². The average Bonchev–Trinajstić information content (AvgIpc) is 3.35. The number of sulfone groups is 1. The molecule has 1 aromatic carbocycles. The molecule has 8 nitrogen and oxygen atoms in total. The van der Waals surface area contributed by atoms with E-state index in [0.717, 1.165) is 11.3 Å². The molecule has 1 atom stereocenters. The fourth-order valence-electron chi connectivity index (χ4n) is 3.42. The van der Waals surface area contributed by atoms with E-state index in [1.54, 1.807) is 35.4 Å². The van der Waals surface area contributed by atoms with Gasteiger partial charge in [0.05, 0.1) is 17.2 Å². The number of nitrogens with one attached hydrogen (secondary N) is 1. The summed E-state index contributed by atoms with van der Waals surface area (Å²) in [6, 6.07) is 14.5. The highest BCUT2D eigenvalue weighted by atomic mass is 32.2. The van der Waals surface area contributed by atoms with Crippen LogP contribution in [0.15, 0.2) is 66.6 Å². The maximum Gasteiger partial charge on any atom is 0.262 e. The van der Waals surface area contributed by atoms with Gasteiger partial charge in [0.1, 0.15) is 17.3 Å². The number of hydrogen-bond acceptors (Lipinski definition) is 6. The van der Waals surface area contributed by atoms with Gasteiger partial charge in [-0.2, -0.15) is 10.4 Å². The summed E-state index contributed by atoms with van der Waals surface area (Å²) in [6.45, 7) is 0. The summed E-state index contributed by atoms with van der Waals surface area (Å²) < 4.78 is 25.0. The molecule has 0 spiro atoms. The Kier molecular flexibility index (Phi) is 5.64. The van der Waals surface area contributed by atoms with Crippen molar-refractivity contribution in [1.82, 2.24) is 20.1 Å². The third kappa shape index (κ3) is 4.70. The lowest BCUT2D eigenvalue weighted by atomic mass is 10.1. The van der Waals surface area contributed by atoms with Gasteiger partial charge < -0.3 is 5.32 Å². The van der Waals surface area contributed by atoms with Gasteiger partial charge in [0.25, 0.3) is 5.91 Å². The first-order chi connectivity index (χ1) is 14.9. The van der Waals surface area contributed by atoms with Crippen molar-refractivity contribution in [2.24, 2.45) is 0 Å². The smallest absolute Gasteiger partial charge is 0.262 e. The van der Waals surface area contributed by atoms with Gasteiger partial charge in [-0.25, -0.2) is 13.1 Å². The molecule has 1 N–H and O–H groups in total. The van der Waals surface area contributed by atoms with Gasteiger partial charge in [-0.05, 0) is 36.8 Å². The minimum atomic E-state index is -3.14. The first-order valence-corrected chi connectivity index (χ1v) is 11.5. The Morgan fingerprint density at radius 2 is 1.94 bits per heavy atom. The van der Waals surface area contributed by atoms with Crippen LogP contribution in [-0.4, -0.2) is 46.6 Å². The summed E-state index contributed by atoms with van der Waals surface area (Å²) in [5.41, 5.74) is 2.68. The van der Waals surface area contributed by atoms with Crippen molar-refractivity contribution in [3.63, 3.8) is 0 Å². The first-order valence-electron chi connectivity index (χ1n) is 9.64. The molecule has 1 aliphatic rings. The minimum Gasteiger partial charge on any atom is -0.348 e. The number of benzene rings is 1. The molecule has 2 aromatic heterocycles. The van der Waals surface area contributed by atoms with E-state index in [9.17, 15) is 18.5 Å². The van der Waals surface area contributed by atoms with E-state index in [2.05, 4.69) is 15.4 Å². The van der Waals surface area contributed by atoms with Crippen LogP contribution in [-0.2, 0) is 14.6 Å². The molecule has 0 aliphatic carbocycles. The Morgan fingerprint density at radius 3 is 2.58 bits per heavy atom. The van der Waals surface area contributed by atoms with E-state index >= 15 is 0 Å². The number of nitrogens with zero attached hydrogens (tertiary/aromatic N) is 4. The van der Waals surface area contributed by atoms with Crippen LogP contribution in [0, 0.1) is 11.3 Å². The zero-order valence-electron chi connectivity index (χ0n) is 16.5. The standard InChI is InChI=1S/C22H19N5O3S/c23-13-17(22(28)25-19-8-11-31(29,30)15-19)12-18-14-27(20-4-2-1-3-5-20)26-21(18)16-6-9-24-10-7-16/h1-7,9-10,12,14,19H,8,11,15H2,(H,25,28)/b17-12-. The number of nitriles is 1. The zero-order chi connectivity index (χ0) is 21.8. The third-order valence-electron chi connectivity index (χ3n) is 4.95. The molecule has 31 heavy (non-hydrogen) atoms. The molecular formula is C22H19N5O3S. The molecule has 1 amide bonds. The van der Waals surface area contributed by atoms with E-state index in [1.165, 1.54) is 6.08 Å². The quantitative estimate of drug-likeness (QED) is 0.487. The van der Waals surface area contributed by atoms with Crippen LogP contribution in [0.25, 0.3) is 23.0 Å². The lowest BCUT2D eigenvalue weighted by Crippen LogP contribution is -2.36. The highest BCUT2D eigenvalue weighted by Gasteiger charge is 2.29. The highest BCUT2D eigenvalue weighted by Crippen LogP contribution is 2.25. The molecule has 4 rings (SSSR count). The predicted molar refractivity (Wildman–Crippen MR) is 116 cm³/mol. The van der Waals surface area contributed by atoms with Crippen LogP contribution in [0.2, 0.25) is 0 Å². The molecule has 1 saturated heterocycles. The summed E-state index contributed by atoms with van der Waals surface area (Å²) in [5, 5.41) is 16.9. The number of carbonyl (C=O) groups excluding carboxylic acids is 1. The van der Waals surface area contributed by atoms with Crippen molar-refractivity contribution >= 4 is 21.8 Å². The number of pyridine rings is 1. The van der Waals surface area contributed by atoms with Crippen LogP contribution in [0.3, 0.4) is 0 Å². The molecular weight excluding hydrogens is 414 g/mol. The SMILES string of the molecule is N#C/C(=C/c1cn(-c2ccccc2)nc1-c1ccncc1)C(=O)NC1CCS(=O)(=O)C1. The number of para-hydroxylation sites is 1. The fourth-order valence-corrected chi connectivity index (χ4v) is 5.09. The number of carbonyl (C=O) groups is 1. The van der Waals surface area contributed by atoms with Crippen molar-refractivity contribution < 1.29 is 13.2 Å². The number of aromatic nitrogens is 3. The summed E-state index contributed by atoms with van der Waals surface area (Å²) in [4.78, 5) is 16.7. The predicted octanol–water partition coefficient (Wildman–Crippen LogP) is 2.14. The molecule has 0 radical (unpaired) electrons. The second kappa shape index (κ2) is 8.53. The largest absolute Gasteiger partial charge is 0.348 e. The number of rotatable bonds is 5. The molecule has 0 bridgehead atoms. The molecule has 3 aromatic rings. The Labute approximate surface area is 179 Å². The average molecular weight is 433 g/mol. The van der Waals surface area contributed by atoms with Gasteiger partial charge >= 0.3 is 0 Å². The second-order valence-electron chi connectivity index (χ2n) is 7.19. The second-order valence-corrected chi connectivity index (χ2v) is 9.42. The number of amides is 1. The molecule has 1 fully saturated rings. The van der Waals surface area contributed by atoms with Gasteiger partial charge in [0, 0.05) is 35.8 Å². The first kappa shape index (κ1) is 20.5. The maximum atomic E-state index is 12.6. The molecule has 156 valence electrons. The van der Waals surface area contributed by atoms with Crippen molar-refractivity contribution in [3.8, 4) is 23.0 Å². The summed E-state index contributed by atoms with van der Waals surface area (Å²) >= 11 is 0. The summed E-state index contributed by atoms with van der Waals surface area (Å²) in [6.07, 6.45) is 6.85. The molecule has 1 unspecified atom stereocenters. The summed E-state index contributed by atoms with van der Waals surface area (Å²) in [7, 11) is -3.14. The van der Waals surface area contributed by atoms with Crippen molar-refractivity contribution in [2.45, 2.75) is 12.5 Å². The van der Waals surface area contributed by atoms with Gasteiger partial charge in [-0.15, -0.1) is 0 Å². The van der Waals surface area contributed by atoms with Gasteiger partial charge in [0.15, 0.2) is 9.84 Å². The molecule has 0 saturated carbocycles. The van der Waals surface area contributed by atoms with E-state index < -0.39 is 21.8 Å². The highest BCUT2D eigenvalue weighted by molar-refractivity contribution is 7.91. The topological polar surface area (TPSA) is 118 Å². The van der Waals surface area contributed by atoms with Crippen LogP contribution in [0.4, 0.5) is 0 Å². The Balaban J connectivity index is 1.69. The molecule has 1 aliphatic heterocycles. The summed E-state index contributed by atoms with van der Waals surface area (Å²) in [5.74, 6) is -0.664. The lowest BCUT2D eigenvalue weighted by molar-refractivity contribution is -0.117. The lowest BCUT2D eigenvalue weighted by Gasteiger charge is -2.09. The Bertz CT molecular complexity index is 1280. The van der Waals surface area contributed by atoms with Gasteiger partial charge in [0.2, 0.25) is 0 Å². The van der Waals surface area contributed by atoms with Gasteiger partial charge in [-0.3, -0.25) is 9.78 Å². The van der Waals surface area contributed by atoms with Crippen LogP contribution >= 0.6 is 0 Å². The monoisotopic (exact) mass is 433 g/mol. The van der Waals surface area contributed by atoms with Crippen LogP contribution in [0.5, 0.6) is 0 Å². The Hall–Kier alpha value is -3.77. The number of hydrogen-bond donors (Lipinski definition) is 1. The zero-order valence-corrected chi connectivity index (χ0v) is 17.3. The third-order valence-corrected chi connectivity index (χ3v) is 6.72. The fraction of sp³-hybridized carbons (Fsp3) is 0.182. The van der Waals surface area contributed by atoms with E-state index in [4.69, 9.17) is 0 Å². The van der Waals surface area contributed by atoms with Crippen LogP contribution in [0.1, 0.15) is 12.0 Å². The maximum absolute atomic E-state index is 12.6.